The lowest BCUT2D eigenvalue weighted by molar-refractivity contribution is -0.0258. The minimum absolute atomic E-state index is 0.0584. The SMILES string of the molecule is CON(C)S(=O)(=O)c1ccc(C(=O)N2CCC(C(O)c3ccccc3)CC2)cc1. The number of nitrogens with zero attached hydrogens (tertiary/aromatic N) is 2. The molecule has 2 aromatic rings. The second kappa shape index (κ2) is 9.04. The van der Waals surface area contributed by atoms with Gasteiger partial charge in [0.2, 0.25) is 0 Å². The van der Waals surface area contributed by atoms with Gasteiger partial charge < -0.3 is 10.0 Å². The number of benzene rings is 2. The van der Waals surface area contributed by atoms with Crippen LogP contribution in [0.1, 0.15) is 34.9 Å². The lowest BCUT2D eigenvalue weighted by atomic mass is 9.87. The number of amides is 1. The van der Waals surface area contributed by atoms with Gasteiger partial charge in [-0.3, -0.25) is 9.63 Å². The summed E-state index contributed by atoms with van der Waals surface area (Å²) >= 11 is 0. The molecule has 8 heteroatoms. The molecule has 1 aliphatic heterocycles. The summed E-state index contributed by atoms with van der Waals surface area (Å²) in [6, 6.07) is 15.4. The highest BCUT2D eigenvalue weighted by atomic mass is 32.2. The average Bonchev–Trinajstić information content (AvgIpc) is 2.78. The Morgan fingerprint density at radius 1 is 1.10 bits per heavy atom. The van der Waals surface area contributed by atoms with Crippen molar-refractivity contribution in [3.05, 3.63) is 65.7 Å². The first-order valence-corrected chi connectivity index (χ1v) is 10.9. The molecule has 3 rings (SSSR count). The minimum atomic E-state index is -3.74. The van der Waals surface area contributed by atoms with E-state index < -0.39 is 16.1 Å². The lowest BCUT2D eigenvalue weighted by Gasteiger charge is -2.34. The van der Waals surface area contributed by atoms with E-state index in [1.54, 1.807) is 4.90 Å². The molecule has 1 N–H and O–H groups in total. The molecule has 0 aliphatic carbocycles. The van der Waals surface area contributed by atoms with Gasteiger partial charge in [-0.2, -0.15) is 0 Å². The highest BCUT2D eigenvalue weighted by Gasteiger charge is 2.29. The molecule has 0 saturated carbocycles. The Bertz CT molecular complexity index is 923. The van der Waals surface area contributed by atoms with Gasteiger partial charge in [0, 0.05) is 25.7 Å². The Labute approximate surface area is 171 Å². The maximum Gasteiger partial charge on any atom is 0.264 e. The normalized spacial score (nSPS) is 16.8. The molecule has 0 radical (unpaired) electrons. The van der Waals surface area contributed by atoms with Crippen molar-refractivity contribution >= 4 is 15.9 Å². The Hall–Kier alpha value is -2.26. The number of carbonyl (C=O) groups is 1. The summed E-state index contributed by atoms with van der Waals surface area (Å²) in [5.74, 6) is -0.0276. The van der Waals surface area contributed by atoms with Crippen LogP contribution in [-0.2, 0) is 14.9 Å². The maximum atomic E-state index is 12.8. The van der Waals surface area contributed by atoms with Crippen molar-refractivity contribution < 1.29 is 23.2 Å². The number of aliphatic hydroxyl groups excluding tert-OH is 1. The van der Waals surface area contributed by atoms with Crippen LogP contribution < -0.4 is 0 Å². The zero-order valence-corrected chi connectivity index (χ0v) is 17.4. The fourth-order valence-corrected chi connectivity index (χ4v) is 4.51. The molecule has 1 unspecified atom stereocenters. The fourth-order valence-electron chi connectivity index (χ4n) is 3.54. The van der Waals surface area contributed by atoms with Gasteiger partial charge in [-0.1, -0.05) is 34.8 Å². The quantitative estimate of drug-likeness (QED) is 0.728. The first kappa shape index (κ1) is 21.4. The van der Waals surface area contributed by atoms with Crippen LogP contribution in [0.25, 0.3) is 0 Å². The van der Waals surface area contributed by atoms with E-state index in [9.17, 15) is 18.3 Å². The summed E-state index contributed by atoms with van der Waals surface area (Å²) in [6.07, 6.45) is 0.899. The average molecular weight is 419 g/mol. The third kappa shape index (κ3) is 4.67. The molecule has 0 bridgehead atoms. The molecule has 156 valence electrons. The summed E-state index contributed by atoms with van der Waals surface area (Å²) in [4.78, 5) is 19.3. The zero-order valence-electron chi connectivity index (χ0n) is 16.6. The Morgan fingerprint density at radius 2 is 1.69 bits per heavy atom. The number of carbonyl (C=O) groups excluding carboxylic acids is 1. The summed E-state index contributed by atoms with van der Waals surface area (Å²) in [5, 5.41) is 10.6. The van der Waals surface area contributed by atoms with E-state index in [1.807, 2.05) is 30.3 Å². The van der Waals surface area contributed by atoms with Crippen LogP contribution in [0, 0.1) is 5.92 Å². The van der Waals surface area contributed by atoms with Gasteiger partial charge in [-0.05, 0) is 48.6 Å². The van der Waals surface area contributed by atoms with Crippen molar-refractivity contribution in [3.63, 3.8) is 0 Å². The third-order valence-electron chi connectivity index (χ3n) is 5.41. The first-order chi connectivity index (χ1) is 13.8. The standard InChI is InChI=1S/C21H26N2O5S/c1-22(28-2)29(26,27)19-10-8-18(9-11-19)21(25)23-14-12-17(13-15-23)20(24)16-6-4-3-5-7-16/h3-11,17,20,24H,12-15H2,1-2H3. The molecule has 1 fully saturated rings. The van der Waals surface area contributed by atoms with Crippen molar-refractivity contribution in [3.8, 4) is 0 Å². The van der Waals surface area contributed by atoms with Crippen molar-refractivity contribution in [2.24, 2.45) is 5.92 Å². The smallest absolute Gasteiger partial charge is 0.264 e. The number of sulfonamides is 1. The molecule has 29 heavy (non-hydrogen) atoms. The predicted octanol–water partition coefficient (Wildman–Crippen LogP) is 2.45. The molecule has 0 spiro atoms. The van der Waals surface area contributed by atoms with Crippen LogP contribution in [0.2, 0.25) is 0 Å². The van der Waals surface area contributed by atoms with Crippen LogP contribution in [-0.4, -0.2) is 56.0 Å². The van der Waals surface area contributed by atoms with E-state index >= 15 is 0 Å². The number of hydrogen-bond acceptors (Lipinski definition) is 5. The van der Waals surface area contributed by atoms with E-state index in [4.69, 9.17) is 4.84 Å². The van der Waals surface area contributed by atoms with E-state index in [2.05, 4.69) is 0 Å². The number of hydroxylamine groups is 1. The molecule has 2 aromatic carbocycles. The van der Waals surface area contributed by atoms with E-state index in [0.29, 0.717) is 31.5 Å². The summed E-state index contributed by atoms with van der Waals surface area (Å²) in [6.45, 7) is 1.11. The number of rotatable bonds is 6. The van der Waals surface area contributed by atoms with E-state index in [0.717, 1.165) is 10.0 Å². The Balaban J connectivity index is 1.62. The molecule has 1 aliphatic rings. The van der Waals surface area contributed by atoms with E-state index in [1.165, 1.54) is 38.4 Å². The maximum absolute atomic E-state index is 12.8. The van der Waals surface area contributed by atoms with Crippen LogP contribution >= 0.6 is 0 Å². The van der Waals surface area contributed by atoms with Crippen LogP contribution in [0.4, 0.5) is 0 Å². The zero-order chi connectivity index (χ0) is 21.0. The van der Waals surface area contributed by atoms with Crippen LogP contribution in [0.3, 0.4) is 0 Å². The number of hydrogen-bond donors (Lipinski definition) is 1. The van der Waals surface area contributed by atoms with Crippen molar-refractivity contribution in [1.82, 2.24) is 9.37 Å². The number of likely N-dealkylation sites (tertiary alicyclic amines) is 1. The molecule has 0 aromatic heterocycles. The van der Waals surface area contributed by atoms with Gasteiger partial charge in [0.1, 0.15) is 0 Å². The second-order valence-electron chi connectivity index (χ2n) is 7.11. The number of piperidine rings is 1. The Kier molecular flexibility index (Phi) is 6.69. The van der Waals surface area contributed by atoms with Gasteiger partial charge in [-0.25, -0.2) is 8.42 Å². The van der Waals surface area contributed by atoms with Crippen LogP contribution in [0.5, 0.6) is 0 Å². The second-order valence-corrected chi connectivity index (χ2v) is 9.04. The molecule has 1 saturated heterocycles. The van der Waals surface area contributed by atoms with Gasteiger partial charge in [0.25, 0.3) is 15.9 Å². The molecular formula is C21H26N2O5S. The summed E-state index contributed by atoms with van der Waals surface area (Å²) in [5.41, 5.74) is 1.33. The molecule has 7 nitrogen and oxygen atoms in total. The van der Waals surface area contributed by atoms with E-state index in [-0.39, 0.29) is 16.7 Å². The summed E-state index contributed by atoms with van der Waals surface area (Å²) < 4.78 is 25.3. The largest absolute Gasteiger partial charge is 0.388 e. The van der Waals surface area contributed by atoms with Crippen LogP contribution in [0.15, 0.2) is 59.5 Å². The van der Waals surface area contributed by atoms with Gasteiger partial charge in [0.05, 0.1) is 18.1 Å². The van der Waals surface area contributed by atoms with Gasteiger partial charge in [-0.15, -0.1) is 0 Å². The van der Waals surface area contributed by atoms with Crippen molar-refractivity contribution in [2.75, 3.05) is 27.2 Å². The van der Waals surface area contributed by atoms with Crippen molar-refractivity contribution in [1.29, 1.82) is 0 Å². The highest BCUT2D eigenvalue weighted by molar-refractivity contribution is 7.89. The monoisotopic (exact) mass is 418 g/mol. The highest BCUT2D eigenvalue weighted by Crippen LogP contribution is 2.31. The molecule has 1 heterocycles. The summed E-state index contributed by atoms with van der Waals surface area (Å²) in [7, 11) is -1.16. The lowest BCUT2D eigenvalue weighted by Crippen LogP contribution is -2.39. The topological polar surface area (TPSA) is 87.2 Å². The molecule has 1 amide bonds. The molecule has 1 atom stereocenters. The van der Waals surface area contributed by atoms with Gasteiger partial charge >= 0.3 is 0 Å². The Morgan fingerprint density at radius 3 is 2.24 bits per heavy atom. The molecular weight excluding hydrogens is 392 g/mol. The van der Waals surface area contributed by atoms with Crippen molar-refractivity contribution in [2.45, 2.75) is 23.8 Å². The predicted molar refractivity (Wildman–Crippen MR) is 108 cm³/mol. The third-order valence-corrected chi connectivity index (χ3v) is 7.10. The number of aliphatic hydroxyl groups is 1. The minimum Gasteiger partial charge on any atom is -0.388 e. The fraction of sp³-hybridized carbons (Fsp3) is 0.381. The van der Waals surface area contributed by atoms with Gasteiger partial charge in [0.15, 0.2) is 0 Å². The first-order valence-electron chi connectivity index (χ1n) is 9.50.